The van der Waals surface area contributed by atoms with E-state index in [1.165, 1.54) is 11.3 Å². The molecule has 1 aromatic heterocycles. The summed E-state index contributed by atoms with van der Waals surface area (Å²) in [4.78, 5) is 15.2. The van der Waals surface area contributed by atoms with E-state index in [1.54, 1.807) is 7.11 Å². The van der Waals surface area contributed by atoms with Crippen LogP contribution in [0.2, 0.25) is 0 Å². The lowest BCUT2D eigenvalue weighted by atomic mass is 10.1. The van der Waals surface area contributed by atoms with E-state index in [1.807, 2.05) is 16.3 Å². The summed E-state index contributed by atoms with van der Waals surface area (Å²) in [5, 5.41) is 1.90. The van der Waals surface area contributed by atoms with Crippen LogP contribution in [0.5, 0.6) is 5.75 Å². The molecule has 1 aliphatic rings. The van der Waals surface area contributed by atoms with Crippen molar-refractivity contribution in [3.8, 4) is 5.75 Å². The Labute approximate surface area is 117 Å². The van der Waals surface area contributed by atoms with Crippen LogP contribution in [-0.2, 0) is 0 Å². The number of thiophene rings is 1. The molecular weight excluding hydrogens is 270 g/mol. The summed E-state index contributed by atoms with van der Waals surface area (Å²) in [5.41, 5.74) is 0. The fraction of sp³-hybridized carbons (Fsp3) is 0.615. The van der Waals surface area contributed by atoms with E-state index >= 15 is 0 Å². The van der Waals surface area contributed by atoms with Gasteiger partial charge in [0.1, 0.15) is 10.6 Å². The van der Waals surface area contributed by atoms with Crippen molar-refractivity contribution in [1.82, 2.24) is 4.90 Å². The van der Waals surface area contributed by atoms with Crippen molar-refractivity contribution in [2.45, 2.75) is 31.7 Å². The number of alkyl halides is 1. The average molecular weight is 288 g/mol. The van der Waals surface area contributed by atoms with Gasteiger partial charge in [0.2, 0.25) is 0 Å². The summed E-state index contributed by atoms with van der Waals surface area (Å²) < 4.78 is 5.22. The predicted octanol–water partition coefficient (Wildman–Crippen LogP) is 3.38. The van der Waals surface area contributed by atoms with Crippen LogP contribution in [0.25, 0.3) is 0 Å². The monoisotopic (exact) mass is 287 g/mol. The second-order valence-electron chi connectivity index (χ2n) is 4.44. The molecule has 5 heteroatoms. The van der Waals surface area contributed by atoms with E-state index in [0.717, 1.165) is 37.1 Å². The van der Waals surface area contributed by atoms with Gasteiger partial charge >= 0.3 is 0 Å². The maximum Gasteiger partial charge on any atom is 0.267 e. The Morgan fingerprint density at radius 3 is 3.22 bits per heavy atom. The largest absolute Gasteiger partial charge is 0.495 e. The first-order valence-electron chi connectivity index (χ1n) is 6.26. The van der Waals surface area contributed by atoms with E-state index in [0.29, 0.717) is 17.7 Å². The minimum atomic E-state index is 0.110. The number of likely N-dealkylation sites (tertiary alicyclic amines) is 1. The van der Waals surface area contributed by atoms with E-state index in [2.05, 4.69) is 0 Å². The number of hydrogen-bond donors (Lipinski definition) is 0. The molecule has 1 aromatic rings. The lowest BCUT2D eigenvalue weighted by molar-refractivity contribution is 0.0732. The molecule has 0 saturated carbocycles. The van der Waals surface area contributed by atoms with Gasteiger partial charge in [-0.3, -0.25) is 4.79 Å². The number of carbonyl (C=O) groups is 1. The van der Waals surface area contributed by atoms with Crippen molar-refractivity contribution in [2.24, 2.45) is 0 Å². The molecule has 0 aromatic carbocycles. The molecule has 0 N–H and O–H groups in total. The Bertz CT molecular complexity index is 407. The molecule has 100 valence electrons. The van der Waals surface area contributed by atoms with Crippen LogP contribution in [0.3, 0.4) is 0 Å². The van der Waals surface area contributed by atoms with Crippen LogP contribution in [0.1, 0.15) is 35.4 Å². The average Bonchev–Trinajstić information content (AvgIpc) is 3.03. The molecule has 3 nitrogen and oxygen atoms in total. The second kappa shape index (κ2) is 6.43. The maximum absolute atomic E-state index is 12.5. The molecule has 1 saturated heterocycles. The van der Waals surface area contributed by atoms with E-state index < -0.39 is 0 Å². The molecule has 1 amide bonds. The highest BCUT2D eigenvalue weighted by molar-refractivity contribution is 7.12. The van der Waals surface area contributed by atoms with Crippen LogP contribution in [-0.4, -0.2) is 36.4 Å². The van der Waals surface area contributed by atoms with E-state index in [-0.39, 0.29) is 5.91 Å². The van der Waals surface area contributed by atoms with Gasteiger partial charge in [0.25, 0.3) is 5.91 Å². The van der Waals surface area contributed by atoms with Gasteiger partial charge in [-0.1, -0.05) is 0 Å². The zero-order valence-electron chi connectivity index (χ0n) is 10.5. The zero-order chi connectivity index (χ0) is 13.0. The van der Waals surface area contributed by atoms with Crippen LogP contribution < -0.4 is 4.74 Å². The first-order valence-corrected chi connectivity index (χ1v) is 7.67. The third-order valence-corrected chi connectivity index (χ3v) is 4.50. The fourth-order valence-electron chi connectivity index (χ4n) is 2.46. The quantitative estimate of drug-likeness (QED) is 0.777. The Hall–Kier alpha value is -0.740. The molecule has 1 unspecified atom stereocenters. The Kier molecular flexibility index (Phi) is 4.89. The number of carbonyl (C=O) groups excluding carboxylic acids is 1. The summed E-state index contributed by atoms with van der Waals surface area (Å²) in [6.07, 6.45) is 4.16. The maximum atomic E-state index is 12.5. The highest BCUT2D eigenvalue weighted by Crippen LogP contribution is 2.30. The van der Waals surface area contributed by atoms with Crippen LogP contribution >= 0.6 is 22.9 Å². The minimum Gasteiger partial charge on any atom is -0.495 e. The van der Waals surface area contributed by atoms with Gasteiger partial charge in [-0.2, -0.15) is 0 Å². The van der Waals surface area contributed by atoms with Gasteiger partial charge in [-0.15, -0.1) is 22.9 Å². The van der Waals surface area contributed by atoms with Crippen molar-refractivity contribution in [3.63, 3.8) is 0 Å². The van der Waals surface area contributed by atoms with Gasteiger partial charge in [0.15, 0.2) is 0 Å². The SMILES string of the molecule is COc1ccsc1C(=O)N1CCCC1CCCCl. The number of amides is 1. The van der Waals surface area contributed by atoms with Crippen LogP contribution in [0.4, 0.5) is 0 Å². The van der Waals surface area contributed by atoms with Gasteiger partial charge in [-0.05, 0) is 37.1 Å². The molecule has 2 heterocycles. The highest BCUT2D eigenvalue weighted by atomic mass is 35.5. The van der Waals surface area contributed by atoms with Crippen LogP contribution in [0.15, 0.2) is 11.4 Å². The first-order chi connectivity index (χ1) is 8.77. The van der Waals surface area contributed by atoms with Crippen molar-refractivity contribution in [1.29, 1.82) is 0 Å². The van der Waals surface area contributed by atoms with Crippen molar-refractivity contribution >= 4 is 28.8 Å². The zero-order valence-corrected chi connectivity index (χ0v) is 12.1. The van der Waals surface area contributed by atoms with E-state index in [9.17, 15) is 4.79 Å². The number of hydrogen-bond acceptors (Lipinski definition) is 3. The highest BCUT2D eigenvalue weighted by Gasteiger charge is 2.30. The lowest BCUT2D eigenvalue weighted by Crippen LogP contribution is -2.35. The first kappa shape index (κ1) is 13.7. The molecule has 2 rings (SSSR count). The van der Waals surface area contributed by atoms with Gasteiger partial charge in [-0.25, -0.2) is 0 Å². The number of ether oxygens (including phenoxy) is 1. The lowest BCUT2D eigenvalue weighted by Gasteiger charge is -2.24. The second-order valence-corrected chi connectivity index (χ2v) is 5.74. The van der Waals surface area contributed by atoms with Crippen molar-refractivity contribution in [2.75, 3.05) is 19.5 Å². The number of methoxy groups -OCH3 is 1. The van der Waals surface area contributed by atoms with Crippen LogP contribution in [0, 0.1) is 0 Å². The van der Waals surface area contributed by atoms with Crippen molar-refractivity contribution in [3.05, 3.63) is 16.3 Å². The van der Waals surface area contributed by atoms with Crippen molar-refractivity contribution < 1.29 is 9.53 Å². The summed E-state index contributed by atoms with van der Waals surface area (Å²) in [6.45, 7) is 0.854. The fourth-order valence-corrected chi connectivity index (χ4v) is 3.43. The molecular formula is C13H18ClNO2S. The van der Waals surface area contributed by atoms with Gasteiger partial charge in [0, 0.05) is 18.5 Å². The smallest absolute Gasteiger partial charge is 0.267 e. The Morgan fingerprint density at radius 2 is 2.50 bits per heavy atom. The van der Waals surface area contributed by atoms with E-state index in [4.69, 9.17) is 16.3 Å². The summed E-state index contributed by atoms with van der Waals surface area (Å²) in [7, 11) is 1.60. The normalized spacial score (nSPS) is 19.2. The molecule has 0 aliphatic carbocycles. The summed E-state index contributed by atoms with van der Waals surface area (Å²) in [6, 6.07) is 2.20. The molecule has 0 spiro atoms. The molecule has 1 atom stereocenters. The molecule has 0 radical (unpaired) electrons. The third-order valence-electron chi connectivity index (χ3n) is 3.35. The topological polar surface area (TPSA) is 29.5 Å². The standard InChI is InChI=1S/C13H18ClNO2S/c1-17-11-6-9-18-12(11)13(16)15-8-3-5-10(15)4-2-7-14/h6,9-10H,2-5,7-8H2,1H3. The number of nitrogens with zero attached hydrogens (tertiary/aromatic N) is 1. The summed E-state index contributed by atoms with van der Waals surface area (Å²) in [5.74, 6) is 1.47. The molecule has 0 bridgehead atoms. The van der Waals surface area contributed by atoms with Gasteiger partial charge < -0.3 is 9.64 Å². The minimum absolute atomic E-state index is 0.110. The van der Waals surface area contributed by atoms with Gasteiger partial charge in [0.05, 0.1) is 7.11 Å². The predicted molar refractivity (Wildman–Crippen MR) is 74.9 cm³/mol. The third kappa shape index (κ3) is 2.81. The Morgan fingerprint density at radius 1 is 1.67 bits per heavy atom. The number of halogens is 1. The number of rotatable bonds is 5. The Balaban J connectivity index is 2.08. The molecule has 18 heavy (non-hydrogen) atoms. The molecule has 1 aliphatic heterocycles. The molecule has 1 fully saturated rings. The summed E-state index contributed by atoms with van der Waals surface area (Å²) >= 11 is 7.19.